The van der Waals surface area contributed by atoms with Gasteiger partial charge in [0.05, 0.1) is 5.69 Å². The summed E-state index contributed by atoms with van der Waals surface area (Å²) >= 11 is 0.938. The summed E-state index contributed by atoms with van der Waals surface area (Å²) in [6, 6.07) is 7.29. The van der Waals surface area contributed by atoms with Gasteiger partial charge >= 0.3 is 5.97 Å². The van der Waals surface area contributed by atoms with E-state index in [0.717, 1.165) is 17.1 Å². The van der Waals surface area contributed by atoms with Gasteiger partial charge in [0.1, 0.15) is 16.3 Å². The Kier molecular flexibility index (Phi) is 4.54. The maximum Gasteiger partial charge on any atom is 0.340 e. The van der Waals surface area contributed by atoms with Crippen molar-refractivity contribution in [3.05, 3.63) is 41.1 Å². The molecule has 6 nitrogen and oxygen atoms in total. The van der Waals surface area contributed by atoms with Gasteiger partial charge in [-0.1, -0.05) is 17.7 Å². The number of carboxylic acids is 1. The molecule has 2 aromatic rings. The number of rotatable bonds is 5. The van der Waals surface area contributed by atoms with Crippen LogP contribution in [0.5, 0.6) is 5.75 Å². The van der Waals surface area contributed by atoms with Crippen LogP contribution in [-0.2, 0) is 4.79 Å². The Hall–Kier alpha value is -2.41. The van der Waals surface area contributed by atoms with Gasteiger partial charge in [0, 0.05) is 0 Å². The molecule has 0 aliphatic rings. The van der Waals surface area contributed by atoms with Crippen molar-refractivity contribution >= 4 is 28.4 Å². The number of carbonyl (C=O) groups is 2. The van der Waals surface area contributed by atoms with Crippen molar-refractivity contribution in [1.82, 2.24) is 4.37 Å². The summed E-state index contributed by atoms with van der Waals surface area (Å²) in [7, 11) is 0. The molecule has 1 aromatic heterocycles. The van der Waals surface area contributed by atoms with Crippen LogP contribution in [0.4, 0.5) is 5.00 Å². The monoisotopic (exact) mass is 306 g/mol. The lowest BCUT2D eigenvalue weighted by Gasteiger charge is -2.07. The van der Waals surface area contributed by atoms with Gasteiger partial charge in [-0.05, 0) is 37.5 Å². The summed E-state index contributed by atoms with van der Waals surface area (Å²) in [6.07, 6.45) is 0. The molecule has 0 aliphatic heterocycles. The molecule has 0 radical (unpaired) electrons. The third kappa shape index (κ3) is 3.79. The largest absolute Gasteiger partial charge is 0.484 e. The summed E-state index contributed by atoms with van der Waals surface area (Å²) in [4.78, 5) is 22.9. The Morgan fingerprint density at radius 2 is 1.95 bits per heavy atom. The molecule has 1 heterocycles. The third-order valence-corrected chi connectivity index (χ3v) is 3.57. The maximum absolute atomic E-state index is 11.8. The lowest BCUT2D eigenvalue weighted by atomic mass is 10.2. The number of aromatic carboxylic acids is 1. The Morgan fingerprint density at radius 1 is 1.29 bits per heavy atom. The van der Waals surface area contributed by atoms with E-state index < -0.39 is 11.9 Å². The summed E-state index contributed by atoms with van der Waals surface area (Å²) in [5.41, 5.74) is 1.49. The minimum Gasteiger partial charge on any atom is -0.484 e. The van der Waals surface area contributed by atoms with Crippen molar-refractivity contribution in [2.24, 2.45) is 0 Å². The number of benzene rings is 1. The number of aromatic nitrogens is 1. The Morgan fingerprint density at radius 3 is 2.57 bits per heavy atom. The average molecular weight is 306 g/mol. The number of hydrogen-bond donors (Lipinski definition) is 2. The Labute approximate surface area is 125 Å². The smallest absolute Gasteiger partial charge is 0.340 e. The molecule has 1 amide bonds. The van der Waals surface area contributed by atoms with Crippen molar-refractivity contribution in [1.29, 1.82) is 0 Å². The van der Waals surface area contributed by atoms with Crippen molar-refractivity contribution in [3.63, 3.8) is 0 Å². The summed E-state index contributed by atoms with van der Waals surface area (Å²) in [5, 5.41) is 11.8. The van der Waals surface area contributed by atoms with E-state index in [2.05, 4.69) is 9.69 Å². The van der Waals surface area contributed by atoms with E-state index in [9.17, 15) is 9.59 Å². The first-order valence-corrected chi connectivity index (χ1v) is 6.93. The molecule has 0 spiro atoms. The number of nitrogens with zero attached hydrogens (tertiary/aromatic N) is 1. The highest BCUT2D eigenvalue weighted by Crippen LogP contribution is 2.24. The number of anilines is 1. The Balaban J connectivity index is 1.96. The number of hydrogen-bond acceptors (Lipinski definition) is 5. The van der Waals surface area contributed by atoms with Gasteiger partial charge in [-0.2, -0.15) is 4.37 Å². The summed E-state index contributed by atoms with van der Waals surface area (Å²) < 4.78 is 9.25. The van der Waals surface area contributed by atoms with Crippen LogP contribution in [0, 0.1) is 13.8 Å². The van der Waals surface area contributed by atoms with Crippen LogP contribution in [-0.4, -0.2) is 28.0 Å². The molecule has 0 bridgehead atoms. The molecule has 2 rings (SSSR count). The van der Waals surface area contributed by atoms with Crippen molar-refractivity contribution in [3.8, 4) is 5.75 Å². The van der Waals surface area contributed by atoms with Crippen LogP contribution >= 0.6 is 11.5 Å². The highest BCUT2D eigenvalue weighted by atomic mass is 32.1. The molecule has 1 aromatic carbocycles. The van der Waals surface area contributed by atoms with Crippen molar-refractivity contribution in [2.45, 2.75) is 13.8 Å². The zero-order chi connectivity index (χ0) is 15.4. The minimum atomic E-state index is -1.11. The van der Waals surface area contributed by atoms with E-state index >= 15 is 0 Å². The average Bonchev–Trinajstić information content (AvgIpc) is 2.79. The van der Waals surface area contributed by atoms with E-state index in [1.165, 1.54) is 0 Å². The molecule has 2 N–H and O–H groups in total. The number of carbonyl (C=O) groups excluding carboxylic acids is 1. The van der Waals surface area contributed by atoms with Crippen molar-refractivity contribution in [2.75, 3.05) is 11.9 Å². The quantitative estimate of drug-likeness (QED) is 0.886. The molecule has 21 heavy (non-hydrogen) atoms. The predicted octanol–water partition coefficient (Wildman–Crippen LogP) is 2.48. The topological polar surface area (TPSA) is 88.5 Å². The fraction of sp³-hybridized carbons (Fsp3) is 0.214. The van der Waals surface area contributed by atoms with Gasteiger partial charge in [-0.3, -0.25) is 4.79 Å². The second-order valence-electron chi connectivity index (χ2n) is 4.43. The fourth-order valence-electron chi connectivity index (χ4n) is 1.65. The van der Waals surface area contributed by atoms with Crippen LogP contribution in [0.25, 0.3) is 0 Å². The zero-order valence-electron chi connectivity index (χ0n) is 11.5. The highest BCUT2D eigenvalue weighted by molar-refractivity contribution is 7.11. The van der Waals surface area contributed by atoms with E-state index in [1.807, 2.05) is 19.1 Å². The minimum absolute atomic E-state index is 0.0173. The molecule has 7 heteroatoms. The summed E-state index contributed by atoms with van der Waals surface area (Å²) in [6.45, 7) is 3.34. The molecule has 0 aliphatic carbocycles. The number of carboxylic acid groups (broad SMARTS) is 1. The first-order valence-electron chi connectivity index (χ1n) is 6.16. The number of amides is 1. The van der Waals surface area contributed by atoms with Gasteiger partial charge < -0.3 is 15.2 Å². The molecule has 0 saturated heterocycles. The molecule has 110 valence electrons. The first-order chi connectivity index (χ1) is 9.97. The van der Waals surface area contributed by atoms with Gasteiger partial charge in [0.15, 0.2) is 6.61 Å². The lowest BCUT2D eigenvalue weighted by Crippen LogP contribution is -2.20. The van der Waals surface area contributed by atoms with Gasteiger partial charge in [-0.25, -0.2) is 4.79 Å². The van der Waals surface area contributed by atoms with Crippen molar-refractivity contribution < 1.29 is 19.4 Å². The van der Waals surface area contributed by atoms with Crippen LogP contribution in [0.2, 0.25) is 0 Å². The third-order valence-electron chi connectivity index (χ3n) is 2.72. The molecule has 0 atom stereocenters. The Bertz CT molecular complexity index is 664. The van der Waals surface area contributed by atoms with Gasteiger partial charge in [0.2, 0.25) is 0 Å². The van der Waals surface area contributed by atoms with E-state index in [-0.39, 0.29) is 17.2 Å². The van der Waals surface area contributed by atoms with E-state index in [0.29, 0.717) is 11.4 Å². The van der Waals surface area contributed by atoms with Gasteiger partial charge in [-0.15, -0.1) is 0 Å². The van der Waals surface area contributed by atoms with Crippen LogP contribution in [0.1, 0.15) is 21.6 Å². The predicted molar refractivity (Wildman–Crippen MR) is 79.1 cm³/mol. The van der Waals surface area contributed by atoms with Gasteiger partial charge in [0.25, 0.3) is 5.91 Å². The van der Waals surface area contributed by atoms with Crippen LogP contribution in [0.15, 0.2) is 24.3 Å². The molecular formula is C14H14N2O4S. The summed E-state index contributed by atoms with van der Waals surface area (Å²) in [5.74, 6) is -0.965. The standard InChI is InChI=1S/C14H14N2O4S/c1-8-3-5-10(6-4-8)20-7-11(17)15-13-12(14(18)19)9(2)16-21-13/h3-6H,7H2,1-2H3,(H,15,17)(H,18,19). The highest BCUT2D eigenvalue weighted by Gasteiger charge is 2.19. The van der Waals surface area contributed by atoms with E-state index in [4.69, 9.17) is 9.84 Å². The fourth-order valence-corrected chi connectivity index (χ4v) is 2.46. The maximum atomic E-state index is 11.8. The molecule has 0 fully saturated rings. The molecule has 0 unspecified atom stereocenters. The number of nitrogens with one attached hydrogen (secondary N) is 1. The normalized spacial score (nSPS) is 10.2. The number of aryl methyl sites for hydroxylation is 2. The zero-order valence-corrected chi connectivity index (χ0v) is 12.4. The lowest BCUT2D eigenvalue weighted by molar-refractivity contribution is -0.118. The second kappa shape index (κ2) is 6.36. The SMILES string of the molecule is Cc1ccc(OCC(=O)Nc2snc(C)c2C(=O)O)cc1. The first kappa shape index (κ1) is 15.0. The van der Waals surface area contributed by atoms with Crippen LogP contribution in [0.3, 0.4) is 0 Å². The number of ether oxygens (including phenoxy) is 1. The van der Waals surface area contributed by atoms with E-state index in [1.54, 1.807) is 19.1 Å². The second-order valence-corrected chi connectivity index (χ2v) is 5.20. The molecular weight excluding hydrogens is 292 g/mol. The van der Waals surface area contributed by atoms with Crippen LogP contribution < -0.4 is 10.1 Å². The molecule has 0 saturated carbocycles.